The predicted molar refractivity (Wildman–Crippen MR) is 102 cm³/mol. The summed E-state index contributed by atoms with van der Waals surface area (Å²) in [6, 6.07) is 10.3. The minimum atomic E-state index is -4.42. The highest BCUT2D eigenvalue weighted by molar-refractivity contribution is 7.99. The summed E-state index contributed by atoms with van der Waals surface area (Å²) < 4.78 is 67.6. The zero-order valence-electron chi connectivity index (χ0n) is 15.5. The highest BCUT2D eigenvalue weighted by Crippen LogP contribution is 2.37. The van der Waals surface area contributed by atoms with Crippen molar-refractivity contribution in [3.63, 3.8) is 0 Å². The van der Waals surface area contributed by atoms with Crippen molar-refractivity contribution < 1.29 is 36.3 Å². The number of rotatable bonds is 5. The topological polar surface area (TPSA) is 92.7 Å². The minimum absolute atomic E-state index is 0.0640. The van der Waals surface area contributed by atoms with Crippen molar-refractivity contribution in [2.45, 2.75) is 38.5 Å². The van der Waals surface area contributed by atoms with Gasteiger partial charge in [0, 0.05) is 23.0 Å². The first-order valence-corrected chi connectivity index (χ1v) is 11.1. The number of hydrogen-bond donors (Lipinski definition) is 2. The Morgan fingerprint density at radius 3 is 1.97 bits per heavy atom. The third-order valence-electron chi connectivity index (χ3n) is 4.88. The van der Waals surface area contributed by atoms with Crippen LogP contribution in [0.2, 0.25) is 0 Å². The van der Waals surface area contributed by atoms with E-state index in [1.807, 2.05) is 0 Å². The molecule has 1 aliphatic heterocycles. The molecule has 0 unspecified atom stereocenters. The Kier molecular flexibility index (Phi) is 6.46. The van der Waals surface area contributed by atoms with E-state index >= 15 is 0 Å². The Morgan fingerprint density at radius 1 is 1.00 bits per heavy atom. The number of hydrogen-bond acceptors (Lipinski definition) is 6. The fourth-order valence-corrected chi connectivity index (χ4v) is 5.94. The van der Waals surface area contributed by atoms with E-state index in [0.29, 0.717) is 9.79 Å². The molecule has 0 bridgehead atoms. The lowest BCUT2D eigenvalue weighted by atomic mass is 9.98. The first-order valence-electron chi connectivity index (χ1n) is 8.82. The van der Waals surface area contributed by atoms with Gasteiger partial charge in [0.25, 0.3) is 5.91 Å². The maximum absolute atomic E-state index is 13.2. The average Bonchev–Trinajstić information content (AvgIpc) is 2.73. The lowest BCUT2D eigenvalue weighted by Crippen LogP contribution is -2.54. The van der Waals surface area contributed by atoms with Gasteiger partial charge in [0.2, 0.25) is 0 Å². The molecule has 0 saturated carbocycles. The summed E-state index contributed by atoms with van der Waals surface area (Å²) in [5.74, 6) is -1.01. The van der Waals surface area contributed by atoms with Gasteiger partial charge in [0.15, 0.2) is 14.6 Å². The van der Waals surface area contributed by atoms with E-state index in [-0.39, 0.29) is 31.0 Å². The molecular weight excluding hydrogens is 443 g/mol. The van der Waals surface area contributed by atoms with Crippen LogP contribution in [0, 0.1) is 0 Å². The summed E-state index contributed by atoms with van der Waals surface area (Å²) in [5.41, 5.74) is 0.700. The van der Waals surface area contributed by atoms with Crippen LogP contribution >= 0.6 is 11.8 Å². The molecule has 6 nitrogen and oxygen atoms in total. The van der Waals surface area contributed by atoms with Gasteiger partial charge in [-0.05, 0) is 61.4 Å². The molecule has 1 saturated heterocycles. The van der Waals surface area contributed by atoms with Crippen LogP contribution in [0.3, 0.4) is 0 Å². The molecule has 2 aromatic rings. The van der Waals surface area contributed by atoms with E-state index in [1.54, 1.807) is 0 Å². The third kappa shape index (κ3) is 4.34. The number of alkyl halides is 3. The second kappa shape index (κ2) is 8.58. The Labute approximate surface area is 175 Å². The third-order valence-corrected chi connectivity index (χ3v) is 8.41. The van der Waals surface area contributed by atoms with Crippen molar-refractivity contribution in [2.75, 3.05) is 13.2 Å². The monoisotopic (exact) mass is 461 g/mol. The van der Waals surface area contributed by atoms with Crippen LogP contribution in [0.15, 0.2) is 63.2 Å². The van der Waals surface area contributed by atoms with Crippen LogP contribution in [0.5, 0.6) is 0 Å². The summed E-state index contributed by atoms with van der Waals surface area (Å²) in [6.45, 7) is 0.128. The number of benzene rings is 2. The number of ether oxygens (including phenoxy) is 1. The molecule has 2 aromatic carbocycles. The Balaban J connectivity index is 1.83. The van der Waals surface area contributed by atoms with Gasteiger partial charge in [-0.3, -0.25) is 10.0 Å². The smallest absolute Gasteiger partial charge is 0.381 e. The summed E-state index contributed by atoms with van der Waals surface area (Å²) in [5, 5.41) is 9.06. The molecule has 0 atom stereocenters. The molecule has 0 aromatic heterocycles. The molecule has 1 heterocycles. The normalized spacial score (nSPS) is 16.8. The fourth-order valence-electron chi connectivity index (χ4n) is 3.18. The molecule has 0 radical (unpaired) electrons. The highest BCUT2D eigenvalue weighted by Gasteiger charge is 2.52. The first kappa shape index (κ1) is 22.6. The van der Waals surface area contributed by atoms with E-state index in [9.17, 15) is 26.4 Å². The van der Waals surface area contributed by atoms with E-state index in [0.717, 1.165) is 12.1 Å². The lowest BCUT2D eigenvalue weighted by molar-refractivity contribution is -0.137. The molecule has 162 valence electrons. The highest BCUT2D eigenvalue weighted by atomic mass is 32.2. The van der Waals surface area contributed by atoms with E-state index in [1.165, 1.54) is 53.6 Å². The molecule has 1 aliphatic rings. The predicted octanol–water partition coefficient (Wildman–Crippen LogP) is 3.68. The molecule has 3 rings (SSSR count). The van der Waals surface area contributed by atoms with E-state index < -0.39 is 32.2 Å². The van der Waals surface area contributed by atoms with Gasteiger partial charge in [0.1, 0.15) is 0 Å². The molecule has 2 N–H and O–H groups in total. The van der Waals surface area contributed by atoms with E-state index in [4.69, 9.17) is 9.94 Å². The molecule has 1 fully saturated rings. The minimum Gasteiger partial charge on any atom is -0.381 e. The summed E-state index contributed by atoms with van der Waals surface area (Å²) in [7, 11) is -4.13. The molecule has 0 aliphatic carbocycles. The summed E-state index contributed by atoms with van der Waals surface area (Å²) in [6.07, 6.45) is -4.60. The molecule has 0 spiro atoms. The SMILES string of the molecule is O=C(NO)C1(S(=O)(=O)c2ccc(Sc3ccc(C(F)(F)F)cc3)cc2)CCOCC1. The van der Waals surface area contributed by atoms with Crippen molar-refractivity contribution >= 4 is 27.5 Å². The van der Waals surface area contributed by atoms with Gasteiger partial charge in [-0.25, -0.2) is 13.9 Å². The van der Waals surface area contributed by atoms with Gasteiger partial charge in [-0.15, -0.1) is 0 Å². The molecular formula is C19H18F3NO5S2. The maximum atomic E-state index is 13.2. The number of halogens is 3. The number of sulfone groups is 1. The Bertz CT molecular complexity index is 1000. The van der Waals surface area contributed by atoms with Crippen LogP contribution in [0.25, 0.3) is 0 Å². The first-order chi connectivity index (χ1) is 14.1. The van der Waals surface area contributed by atoms with Crippen LogP contribution in [-0.4, -0.2) is 37.5 Å². The van der Waals surface area contributed by atoms with Gasteiger partial charge in [-0.1, -0.05) is 11.8 Å². The quantitative estimate of drug-likeness (QED) is 0.521. The molecule has 1 amide bonds. The Hall–Kier alpha value is -2.08. The van der Waals surface area contributed by atoms with Gasteiger partial charge in [-0.2, -0.15) is 13.2 Å². The summed E-state index contributed by atoms with van der Waals surface area (Å²) >= 11 is 1.17. The largest absolute Gasteiger partial charge is 0.416 e. The van der Waals surface area contributed by atoms with Gasteiger partial charge >= 0.3 is 6.18 Å². The van der Waals surface area contributed by atoms with Gasteiger partial charge in [0.05, 0.1) is 10.5 Å². The number of hydroxylamine groups is 1. The average molecular weight is 461 g/mol. The van der Waals surface area contributed by atoms with Crippen molar-refractivity contribution in [3.05, 3.63) is 54.1 Å². The maximum Gasteiger partial charge on any atom is 0.416 e. The molecule has 11 heteroatoms. The molecule has 30 heavy (non-hydrogen) atoms. The van der Waals surface area contributed by atoms with Crippen LogP contribution < -0.4 is 5.48 Å². The second-order valence-corrected chi connectivity index (χ2v) is 10.1. The zero-order chi connectivity index (χ0) is 22.0. The number of nitrogens with one attached hydrogen (secondary N) is 1. The number of amides is 1. The van der Waals surface area contributed by atoms with Crippen LogP contribution in [0.1, 0.15) is 18.4 Å². The van der Waals surface area contributed by atoms with Crippen molar-refractivity contribution in [1.29, 1.82) is 0 Å². The van der Waals surface area contributed by atoms with Gasteiger partial charge < -0.3 is 4.74 Å². The zero-order valence-corrected chi connectivity index (χ0v) is 17.1. The summed E-state index contributed by atoms with van der Waals surface area (Å²) in [4.78, 5) is 13.3. The van der Waals surface area contributed by atoms with E-state index in [2.05, 4.69) is 0 Å². The van der Waals surface area contributed by atoms with Crippen LogP contribution in [0.4, 0.5) is 13.2 Å². The van der Waals surface area contributed by atoms with Crippen molar-refractivity contribution in [3.8, 4) is 0 Å². The Morgan fingerprint density at radius 2 is 1.50 bits per heavy atom. The van der Waals surface area contributed by atoms with Crippen molar-refractivity contribution in [2.24, 2.45) is 0 Å². The lowest BCUT2D eigenvalue weighted by Gasteiger charge is -2.34. The van der Waals surface area contributed by atoms with Crippen LogP contribution in [-0.2, 0) is 25.5 Å². The standard InChI is InChI=1S/C19H18F3NO5S2/c20-19(21,22)13-1-3-14(4-2-13)29-15-5-7-16(8-6-15)30(26,27)18(17(24)23-25)9-11-28-12-10-18/h1-8,25H,9-12H2,(H,23,24). The van der Waals surface area contributed by atoms with Crippen molar-refractivity contribution in [1.82, 2.24) is 5.48 Å². The number of carbonyl (C=O) groups excluding carboxylic acids is 1. The fraction of sp³-hybridized carbons (Fsp3) is 0.316. The number of carbonyl (C=O) groups is 1. The second-order valence-electron chi connectivity index (χ2n) is 6.65.